The molecule has 2 heterocycles. The van der Waals surface area contributed by atoms with E-state index in [4.69, 9.17) is 0 Å². The summed E-state index contributed by atoms with van der Waals surface area (Å²) in [6.45, 7) is 6.48. The number of hydrogen-bond acceptors (Lipinski definition) is 3. The molecule has 0 amide bonds. The number of aromatic carboxylic acids is 1. The van der Waals surface area contributed by atoms with Crippen LogP contribution in [0, 0.1) is 11.8 Å². The lowest BCUT2D eigenvalue weighted by atomic mass is 9.95. The van der Waals surface area contributed by atoms with Gasteiger partial charge in [0.1, 0.15) is 0 Å². The SMILES string of the molecule is CC(C)C1CCN(c2cc(C(=O)O)nc3ccccc23)C1. The van der Waals surface area contributed by atoms with Crippen LogP contribution in [0.2, 0.25) is 0 Å². The summed E-state index contributed by atoms with van der Waals surface area (Å²) in [5.74, 6) is 0.355. The molecule has 0 bridgehead atoms. The van der Waals surface area contributed by atoms with Crippen molar-refractivity contribution >= 4 is 22.6 Å². The van der Waals surface area contributed by atoms with Crippen LogP contribution in [0.25, 0.3) is 10.9 Å². The average Bonchev–Trinajstić information content (AvgIpc) is 2.96. The number of carboxylic acids is 1. The normalized spacial score (nSPS) is 18.6. The van der Waals surface area contributed by atoms with Gasteiger partial charge in [0.15, 0.2) is 5.69 Å². The zero-order valence-corrected chi connectivity index (χ0v) is 12.4. The molecule has 4 nitrogen and oxygen atoms in total. The zero-order valence-electron chi connectivity index (χ0n) is 12.4. The number of hydrogen-bond donors (Lipinski definition) is 1. The summed E-state index contributed by atoms with van der Waals surface area (Å²) >= 11 is 0. The molecular weight excluding hydrogens is 264 g/mol. The minimum absolute atomic E-state index is 0.122. The predicted octanol–water partition coefficient (Wildman–Crippen LogP) is 3.42. The third kappa shape index (κ3) is 2.58. The summed E-state index contributed by atoms with van der Waals surface area (Å²) in [5.41, 5.74) is 1.87. The summed E-state index contributed by atoms with van der Waals surface area (Å²) in [7, 11) is 0. The molecule has 4 heteroatoms. The maximum atomic E-state index is 11.3. The van der Waals surface area contributed by atoms with Crippen LogP contribution in [0.3, 0.4) is 0 Å². The Balaban J connectivity index is 2.06. The number of carbonyl (C=O) groups is 1. The maximum absolute atomic E-state index is 11.3. The number of rotatable bonds is 3. The van der Waals surface area contributed by atoms with Gasteiger partial charge in [0.2, 0.25) is 0 Å². The fourth-order valence-electron chi connectivity index (χ4n) is 3.08. The number of anilines is 1. The van der Waals surface area contributed by atoms with Gasteiger partial charge in [-0.3, -0.25) is 0 Å². The van der Waals surface area contributed by atoms with E-state index in [1.54, 1.807) is 6.07 Å². The summed E-state index contributed by atoms with van der Waals surface area (Å²) in [5, 5.41) is 10.3. The van der Waals surface area contributed by atoms with Gasteiger partial charge in [0.05, 0.1) is 5.52 Å². The van der Waals surface area contributed by atoms with Gasteiger partial charge in [-0.1, -0.05) is 32.0 Å². The molecule has 110 valence electrons. The van der Waals surface area contributed by atoms with E-state index in [9.17, 15) is 9.90 Å². The zero-order chi connectivity index (χ0) is 15.0. The van der Waals surface area contributed by atoms with E-state index in [1.165, 1.54) is 0 Å². The highest BCUT2D eigenvalue weighted by Crippen LogP contribution is 2.33. The molecule has 21 heavy (non-hydrogen) atoms. The van der Waals surface area contributed by atoms with Crippen molar-refractivity contribution in [2.75, 3.05) is 18.0 Å². The number of carboxylic acid groups (broad SMARTS) is 1. The number of pyridine rings is 1. The fraction of sp³-hybridized carbons (Fsp3) is 0.412. The van der Waals surface area contributed by atoms with Crippen LogP contribution in [0.1, 0.15) is 30.8 Å². The van der Waals surface area contributed by atoms with Crippen LogP contribution in [-0.2, 0) is 0 Å². The van der Waals surface area contributed by atoms with Gasteiger partial charge in [-0.25, -0.2) is 9.78 Å². The van der Waals surface area contributed by atoms with Crippen LogP contribution < -0.4 is 4.90 Å². The molecule has 1 saturated heterocycles. The number of benzene rings is 1. The molecule has 1 aliphatic heterocycles. The monoisotopic (exact) mass is 284 g/mol. The molecule has 1 N–H and O–H groups in total. The molecule has 1 unspecified atom stereocenters. The van der Waals surface area contributed by atoms with E-state index in [2.05, 4.69) is 23.7 Å². The Hall–Kier alpha value is -2.10. The van der Waals surface area contributed by atoms with Crippen molar-refractivity contribution < 1.29 is 9.90 Å². The Morgan fingerprint density at radius 2 is 2.14 bits per heavy atom. The molecule has 0 spiro atoms. The number of nitrogens with zero attached hydrogens (tertiary/aromatic N) is 2. The first-order valence-electron chi connectivity index (χ1n) is 7.44. The predicted molar refractivity (Wildman–Crippen MR) is 83.9 cm³/mol. The summed E-state index contributed by atoms with van der Waals surface area (Å²) in [6, 6.07) is 9.48. The maximum Gasteiger partial charge on any atom is 0.354 e. The van der Waals surface area contributed by atoms with Gasteiger partial charge < -0.3 is 10.0 Å². The third-order valence-electron chi connectivity index (χ3n) is 4.42. The Bertz CT molecular complexity index is 682. The molecule has 1 atom stereocenters. The van der Waals surface area contributed by atoms with Gasteiger partial charge in [-0.2, -0.15) is 0 Å². The lowest BCUT2D eigenvalue weighted by Gasteiger charge is -2.22. The van der Waals surface area contributed by atoms with Crippen molar-refractivity contribution in [2.24, 2.45) is 11.8 Å². The summed E-state index contributed by atoms with van der Waals surface area (Å²) in [4.78, 5) is 17.8. The standard InChI is InChI=1S/C17H20N2O2/c1-11(2)12-7-8-19(10-12)16-9-15(17(20)21)18-14-6-4-3-5-13(14)16/h3-6,9,11-12H,7-8,10H2,1-2H3,(H,20,21). The highest BCUT2D eigenvalue weighted by atomic mass is 16.4. The average molecular weight is 284 g/mol. The minimum atomic E-state index is -0.971. The van der Waals surface area contributed by atoms with Gasteiger partial charge in [-0.15, -0.1) is 0 Å². The molecule has 0 saturated carbocycles. The van der Waals surface area contributed by atoms with Crippen molar-refractivity contribution in [2.45, 2.75) is 20.3 Å². The van der Waals surface area contributed by atoms with Crippen LogP contribution in [-0.4, -0.2) is 29.1 Å². The Kier molecular flexibility index (Phi) is 3.53. The molecule has 0 aliphatic carbocycles. The van der Waals surface area contributed by atoms with Crippen molar-refractivity contribution in [3.05, 3.63) is 36.0 Å². The summed E-state index contributed by atoms with van der Waals surface area (Å²) < 4.78 is 0. The van der Waals surface area contributed by atoms with Crippen molar-refractivity contribution in [3.63, 3.8) is 0 Å². The smallest absolute Gasteiger partial charge is 0.354 e. The number of para-hydroxylation sites is 1. The van der Waals surface area contributed by atoms with E-state index in [0.717, 1.165) is 36.1 Å². The van der Waals surface area contributed by atoms with Crippen LogP contribution in [0.4, 0.5) is 5.69 Å². The van der Waals surface area contributed by atoms with Gasteiger partial charge >= 0.3 is 5.97 Å². The van der Waals surface area contributed by atoms with Gasteiger partial charge in [-0.05, 0) is 30.4 Å². The fourth-order valence-corrected chi connectivity index (χ4v) is 3.08. The molecule has 1 fully saturated rings. The van der Waals surface area contributed by atoms with Crippen LogP contribution in [0.15, 0.2) is 30.3 Å². The minimum Gasteiger partial charge on any atom is -0.477 e. The molecule has 1 aromatic heterocycles. The first kappa shape index (κ1) is 13.9. The first-order chi connectivity index (χ1) is 10.1. The topological polar surface area (TPSA) is 53.4 Å². The van der Waals surface area contributed by atoms with Gasteiger partial charge in [0, 0.05) is 24.2 Å². The highest BCUT2D eigenvalue weighted by molar-refractivity contribution is 5.97. The Morgan fingerprint density at radius 1 is 1.38 bits per heavy atom. The van der Waals surface area contributed by atoms with Gasteiger partial charge in [0.25, 0.3) is 0 Å². The second-order valence-corrected chi connectivity index (χ2v) is 6.09. The molecule has 3 rings (SSSR count). The Morgan fingerprint density at radius 3 is 2.81 bits per heavy atom. The van der Waals surface area contributed by atoms with Crippen LogP contribution in [0.5, 0.6) is 0 Å². The first-order valence-corrected chi connectivity index (χ1v) is 7.44. The Labute approximate surface area is 124 Å². The lowest BCUT2D eigenvalue weighted by molar-refractivity contribution is 0.0691. The highest BCUT2D eigenvalue weighted by Gasteiger charge is 2.26. The second kappa shape index (κ2) is 5.35. The van der Waals surface area contributed by atoms with E-state index < -0.39 is 5.97 Å². The van der Waals surface area contributed by atoms with E-state index in [-0.39, 0.29) is 5.69 Å². The van der Waals surface area contributed by atoms with E-state index >= 15 is 0 Å². The molecule has 0 radical (unpaired) electrons. The van der Waals surface area contributed by atoms with Crippen molar-refractivity contribution in [1.29, 1.82) is 0 Å². The lowest BCUT2D eigenvalue weighted by Crippen LogP contribution is -2.22. The quantitative estimate of drug-likeness (QED) is 0.938. The van der Waals surface area contributed by atoms with Crippen molar-refractivity contribution in [3.8, 4) is 0 Å². The number of fused-ring (bicyclic) bond motifs is 1. The largest absolute Gasteiger partial charge is 0.477 e. The van der Waals surface area contributed by atoms with E-state index in [1.807, 2.05) is 24.3 Å². The molecule has 1 aliphatic rings. The molecular formula is C17H20N2O2. The number of aromatic nitrogens is 1. The molecule has 2 aromatic rings. The van der Waals surface area contributed by atoms with Crippen molar-refractivity contribution in [1.82, 2.24) is 4.98 Å². The van der Waals surface area contributed by atoms with E-state index in [0.29, 0.717) is 11.8 Å². The second-order valence-electron chi connectivity index (χ2n) is 6.09. The van der Waals surface area contributed by atoms with Crippen LogP contribution >= 0.6 is 0 Å². The third-order valence-corrected chi connectivity index (χ3v) is 4.42. The summed E-state index contributed by atoms with van der Waals surface area (Å²) in [6.07, 6.45) is 1.16. The molecule has 1 aromatic carbocycles.